The van der Waals surface area contributed by atoms with Crippen LogP contribution < -0.4 is 15.8 Å². The molecule has 5 rings (SSSR count). The molecular formula is C28H36N8O2. The van der Waals surface area contributed by atoms with Gasteiger partial charge in [0.1, 0.15) is 11.0 Å². The van der Waals surface area contributed by atoms with Crippen molar-refractivity contribution >= 4 is 28.4 Å². The van der Waals surface area contributed by atoms with Crippen LogP contribution in [0, 0.1) is 0 Å². The van der Waals surface area contributed by atoms with Crippen molar-refractivity contribution in [1.82, 2.24) is 29.2 Å². The van der Waals surface area contributed by atoms with Gasteiger partial charge in [-0.05, 0) is 57.3 Å². The third-order valence-corrected chi connectivity index (χ3v) is 6.55. The van der Waals surface area contributed by atoms with Crippen LogP contribution in [0.5, 0.6) is 0 Å². The van der Waals surface area contributed by atoms with Crippen LogP contribution in [0.4, 0.5) is 17.3 Å². The van der Waals surface area contributed by atoms with E-state index in [1.54, 1.807) is 42.8 Å². The third kappa shape index (κ3) is 5.32. The summed E-state index contributed by atoms with van der Waals surface area (Å²) in [5.74, 6) is 0.831. The van der Waals surface area contributed by atoms with E-state index in [1.165, 1.54) is 16.6 Å². The number of nitrogens with one attached hydrogen (secondary N) is 1. The molecule has 1 aliphatic heterocycles. The predicted molar refractivity (Wildman–Crippen MR) is 153 cm³/mol. The summed E-state index contributed by atoms with van der Waals surface area (Å²) in [4.78, 5) is 31.6. The average molecular weight is 517 g/mol. The van der Waals surface area contributed by atoms with E-state index in [1.807, 2.05) is 12.1 Å². The lowest BCUT2D eigenvalue weighted by molar-refractivity contribution is 0.0738. The molecule has 0 unspecified atom stereocenters. The Bertz CT molecular complexity index is 1480. The van der Waals surface area contributed by atoms with E-state index >= 15 is 0 Å². The minimum Gasteiger partial charge on any atom is -0.384 e. The summed E-state index contributed by atoms with van der Waals surface area (Å²) in [6, 6.07) is 13.5. The van der Waals surface area contributed by atoms with E-state index in [-0.39, 0.29) is 19.5 Å². The molecule has 1 aromatic carbocycles. The lowest BCUT2D eigenvalue weighted by Crippen LogP contribution is -2.44. The molecule has 0 spiro atoms. The van der Waals surface area contributed by atoms with Gasteiger partial charge in [-0.25, -0.2) is 19.3 Å². The summed E-state index contributed by atoms with van der Waals surface area (Å²) < 4.78 is 3.16. The van der Waals surface area contributed by atoms with Crippen molar-refractivity contribution in [2.75, 3.05) is 43.4 Å². The molecule has 4 aromatic rings. The maximum Gasteiger partial charge on any atom is 0.278 e. The first kappa shape index (κ1) is 27.0. The quantitative estimate of drug-likeness (QED) is 0.360. The fourth-order valence-corrected chi connectivity index (χ4v) is 4.44. The molecular weight excluding hydrogens is 480 g/mol. The van der Waals surface area contributed by atoms with Crippen molar-refractivity contribution in [1.29, 1.82) is 0 Å². The fraction of sp³-hybridized carbons (Fsp3) is 0.357. The van der Waals surface area contributed by atoms with Gasteiger partial charge in [0.25, 0.3) is 5.56 Å². The van der Waals surface area contributed by atoms with Crippen molar-refractivity contribution in [3.05, 3.63) is 77.4 Å². The average Bonchev–Trinajstić information content (AvgIpc) is 3.15. The standard InChI is InChI=1S/C27H32N8O2.CH4/c1-5-13-34-25(36)21-18-28-26(29-19-9-11-20(12-10-19)33-16-14-32(4)15-17-33)31-24(21)35(34)23-8-6-7-22(30-23)27(2,3)37;/h5-12,18,37H,1,13-17H2,2-4H3,(H,28,29,31);1H4. The van der Waals surface area contributed by atoms with E-state index in [0.717, 1.165) is 31.9 Å². The Balaban J connectivity index is 0.00000336. The highest BCUT2D eigenvalue weighted by atomic mass is 16.3. The molecule has 4 heterocycles. The number of hydrogen-bond donors (Lipinski definition) is 2. The molecule has 0 saturated carbocycles. The van der Waals surface area contributed by atoms with Crippen molar-refractivity contribution in [2.45, 2.75) is 33.4 Å². The molecule has 200 valence electrons. The van der Waals surface area contributed by atoms with Crippen molar-refractivity contribution in [3.63, 3.8) is 0 Å². The minimum atomic E-state index is -1.14. The Morgan fingerprint density at radius 1 is 1.08 bits per heavy atom. The fourth-order valence-electron chi connectivity index (χ4n) is 4.44. The van der Waals surface area contributed by atoms with E-state index in [4.69, 9.17) is 4.98 Å². The molecule has 0 radical (unpaired) electrons. The highest BCUT2D eigenvalue weighted by Crippen LogP contribution is 2.23. The zero-order chi connectivity index (χ0) is 26.2. The van der Waals surface area contributed by atoms with Crippen molar-refractivity contribution in [3.8, 4) is 5.82 Å². The lowest BCUT2D eigenvalue weighted by atomic mass is 10.1. The highest BCUT2D eigenvalue weighted by Gasteiger charge is 2.22. The molecule has 0 amide bonds. The number of anilines is 3. The Labute approximate surface area is 222 Å². The van der Waals surface area contributed by atoms with Crippen LogP contribution in [0.3, 0.4) is 0 Å². The van der Waals surface area contributed by atoms with Gasteiger partial charge in [0.05, 0.1) is 12.2 Å². The predicted octanol–water partition coefficient (Wildman–Crippen LogP) is 3.52. The SMILES string of the molecule is C.C=CCn1c(=O)c2cnc(Nc3ccc(N4CCN(C)CC4)cc3)nc2n1-c1cccc(C(C)(C)O)n1. The second kappa shape index (κ2) is 10.8. The van der Waals surface area contributed by atoms with Crippen LogP contribution in [0.15, 0.2) is 66.1 Å². The summed E-state index contributed by atoms with van der Waals surface area (Å²) in [6.45, 7) is 11.5. The third-order valence-electron chi connectivity index (χ3n) is 6.55. The normalized spacial score (nSPS) is 14.4. The largest absolute Gasteiger partial charge is 0.384 e. The summed E-state index contributed by atoms with van der Waals surface area (Å²) >= 11 is 0. The first-order valence-corrected chi connectivity index (χ1v) is 12.3. The topological polar surface area (TPSA) is 104 Å². The summed E-state index contributed by atoms with van der Waals surface area (Å²) in [5.41, 5.74) is 1.55. The summed E-state index contributed by atoms with van der Waals surface area (Å²) in [5, 5.41) is 14.1. The molecule has 0 bridgehead atoms. The Morgan fingerprint density at radius 2 is 1.79 bits per heavy atom. The van der Waals surface area contributed by atoms with Crippen LogP contribution in [-0.2, 0) is 12.1 Å². The van der Waals surface area contributed by atoms with Crippen LogP contribution in [0.1, 0.15) is 27.0 Å². The van der Waals surface area contributed by atoms with Crippen molar-refractivity contribution < 1.29 is 5.11 Å². The molecule has 0 atom stereocenters. The highest BCUT2D eigenvalue weighted by molar-refractivity contribution is 5.77. The van der Waals surface area contributed by atoms with Gasteiger partial charge < -0.3 is 20.2 Å². The Morgan fingerprint density at radius 3 is 2.45 bits per heavy atom. The number of allylic oxidation sites excluding steroid dienone is 1. The number of aliphatic hydroxyl groups is 1. The van der Waals surface area contributed by atoms with E-state index in [0.29, 0.717) is 28.5 Å². The van der Waals surface area contributed by atoms with Gasteiger partial charge in [-0.15, -0.1) is 6.58 Å². The number of likely N-dealkylation sites (N-methyl/N-ethyl adjacent to an activating group) is 1. The van der Waals surface area contributed by atoms with Gasteiger partial charge in [-0.2, -0.15) is 4.98 Å². The monoisotopic (exact) mass is 516 g/mol. The van der Waals surface area contributed by atoms with Gasteiger partial charge in [-0.1, -0.05) is 19.6 Å². The van der Waals surface area contributed by atoms with Gasteiger partial charge in [0, 0.05) is 43.8 Å². The first-order chi connectivity index (χ1) is 17.7. The molecule has 2 N–H and O–H groups in total. The number of fused-ring (bicyclic) bond motifs is 1. The van der Waals surface area contributed by atoms with Gasteiger partial charge >= 0.3 is 0 Å². The van der Waals surface area contributed by atoms with Gasteiger partial charge in [-0.3, -0.25) is 4.79 Å². The molecule has 10 nitrogen and oxygen atoms in total. The maximum absolute atomic E-state index is 13.2. The smallest absolute Gasteiger partial charge is 0.278 e. The zero-order valence-electron chi connectivity index (χ0n) is 21.4. The second-order valence-corrected chi connectivity index (χ2v) is 9.82. The zero-order valence-corrected chi connectivity index (χ0v) is 21.4. The molecule has 1 aliphatic rings. The molecule has 3 aromatic heterocycles. The summed E-state index contributed by atoms with van der Waals surface area (Å²) in [7, 11) is 2.15. The first-order valence-electron chi connectivity index (χ1n) is 12.3. The number of benzene rings is 1. The van der Waals surface area contributed by atoms with Crippen LogP contribution in [0.25, 0.3) is 16.9 Å². The van der Waals surface area contributed by atoms with Crippen LogP contribution >= 0.6 is 0 Å². The van der Waals surface area contributed by atoms with E-state index in [9.17, 15) is 9.90 Å². The Hall–Kier alpha value is -4.02. The van der Waals surface area contributed by atoms with Gasteiger partial charge in [0.15, 0.2) is 11.5 Å². The molecule has 38 heavy (non-hydrogen) atoms. The van der Waals surface area contributed by atoms with E-state index in [2.05, 4.69) is 50.8 Å². The number of piperazine rings is 1. The molecule has 10 heteroatoms. The number of pyridine rings is 1. The number of aromatic nitrogens is 5. The number of rotatable bonds is 7. The molecule has 1 saturated heterocycles. The molecule has 0 aliphatic carbocycles. The maximum atomic E-state index is 13.2. The van der Waals surface area contributed by atoms with Gasteiger partial charge in [0.2, 0.25) is 5.95 Å². The summed E-state index contributed by atoms with van der Waals surface area (Å²) in [6.07, 6.45) is 3.17. The lowest BCUT2D eigenvalue weighted by Gasteiger charge is -2.34. The van der Waals surface area contributed by atoms with Crippen molar-refractivity contribution in [2.24, 2.45) is 0 Å². The van der Waals surface area contributed by atoms with E-state index < -0.39 is 5.60 Å². The number of hydrogen-bond acceptors (Lipinski definition) is 8. The molecule has 1 fully saturated rings. The second-order valence-electron chi connectivity index (χ2n) is 9.82. The Kier molecular flexibility index (Phi) is 7.66. The number of nitrogens with zero attached hydrogens (tertiary/aromatic N) is 7. The van der Waals surface area contributed by atoms with Crippen LogP contribution in [0.2, 0.25) is 0 Å². The van der Waals surface area contributed by atoms with Crippen LogP contribution in [-0.4, -0.2) is 67.5 Å². The minimum absolute atomic E-state index is 0.